The summed E-state index contributed by atoms with van der Waals surface area (Å²) in [6.07, 6.45) is 3.96. The molecule has 4 heteroatoms. The Morgan fingerprint density at radius 3 is 2.76 bits per heavy atom. The molecule has 0 spiro atoms. The largest absolute Gasteiger partial charge is 0.399 e. The molecule has 3 N–H and O–H groups in total. The van der Waals surface area contributed by atoms with E-state index in [0.29, 0.717) is 0 Å². The molecule has 0 radical (unpaired) electrons. The van der Waals surface area contributed by atoms with Crippen molar-refractivity contribution in [1.82, 2.24) is 4.98 Å². The molecule has 1 saturated carbocycles. The summed E-state index contributed by atoms with van der Waals surface area (Å²) in [5, 5.41) is 11.4. The third-order valence-corrected chi connectivity index (χ3v) is 4.51. The van der Waals surface area contributed by atoms with Gasteiger partial charge < -0.3 is 15.7 Å². The number of aliphatic hydroxyl groups is 1. The standard InChI is InChI=1S/C17H23N3O/c1-11-9-16(13-10-12(18)7-8-14(13)19-11)20(2)15-5-3-4-6-17(15)21/h7-10,15,17,21H,3-6,18H2,1-2H3. The summed E-state index contributed by atoms with van der Waals surface area (Å²) >= 11 is 0. The molecule has 1 aromatic carbocycles. The summed E-state index contributed by atoms with van der Waals surface area (Å²) < 4.78 is 0. The number of nitrogens with two attached hydrogens (primary N) is 1. The zero-order valence-electron chi connectivity index (χ0n) is 12.7. The van der Waals surface area contributed by atoms with Crippen LogP contribution in [0.2, 0.25) is 0 Å². The number of benzene rings is 1. The first kappa shape index (κ1) is 14.1. The average Bonchev–Trinajstić information content (AvgIpc) is 2.47. The van der Waals surface area contributed by atoms with Crippen molar-refractivity contribution in [1.29, 1.82) is 0 Å². The van der Waals surface area contributed by atoms with Crippen LogP contribution in [0.4, 0.5) is 11.4 Å². The second-order valence-corrected chi connectivity index (χ2v) is 6.09. The minimum Gasteiger partial charge on any atom is -0.399 e. The molecule has 2 atom stereocenters. The van der Waals surface area contributed by atoms with Gasteiger partial charge in [-0.05, 0) is 44.0 Å². The van der Waals surface area contributed by atoms with Crippen molar-refractivity contribution < 1.29 is 5.11 Å². The quantitative estimate of drug-likeness (QED) is 0.833. The van der Waals surface area contributed by atoms with Crippen LogP contribution in [0.3, 0.4) is 0 Å². The van der Waals surface area contributed by atoms with Crippen molar-refractivity contribution in [3.8, 4) is 0 Å². The summed E-state index contributed by atoms with van der Waals surface area (Å²) in [7, 11) is 2.07. The number of hydrogen-bond donors (Lipinski definition) is 2. The molecule has 1 fully saturated rings. The van der Waals surface area contributed by atoms with Crippen LogP contribution in [-0.4, -0.2) is 29.3 Å². The molecule has 3 rings (SSSR count). The van der Waals surface area contributed by atoms with Gasteiger partial charge >= 0.3 is 0 Å². The van der Waals surface area contributed by atoms with Crippen LogP contribution in [0.25, 0.3) is 10.9 Å². The van der Waals surface area contributed by atoms with E-state index in [9.17, 15) is 5.11 Å². The average molecular weight is 285 g/mol. The Morgan fingerprint density at radius 2 is 2.00 bits per heavy atom. The van der Waals surface area contributed by atoms with Crippen molar-refractivity contribution in [2.75, 3.05) is 17.7 Å². The Hall–Kier alpha value is -1.81. The predicted octanol–water partition coefficient (Wildman–Crippen LogP) is 2.87. The second-order valence-electron chi connectivity index (χ2n) is 6.09. The lowest BCUT2D eigenvalue weighted by molar-refractivity contribution is 0.106. The SMILES string of the molecule is Cc1cc(N(C)C2CCCCC2O)c2cc(N)ccc2n1. The van der Waals surface area contributed by atoms with Crippen molar-refractivity contribution in [3.05, 3.63) is 30.0 Å². The van der Waals surface area contributed by atoms with E-state index in [1.807, 2.05) is 25.1 Å². The van der Waals surface area contributed by atoms with Gasteiger partial charge in [0.2, 0.25) is 0 Å². The zero-order valence-corrected chi connectivity index (χ0v) is 12.7. The number of aliphatic hydroxyl groups excluding tert-OH is 1. The molecular formula is C17H23N3O. The fourth-order valence-corrected chi connectivity index (χ4v) is 3.37. The summed E-state index contributed by atoms with van der Waals surface area (Å²) in [6, 6.07) is 8.08. The first-order chi connectivity index (χ1) is 10.1. The maximum absolute atomic E-state index is 10.3. The van der Waals surface area contributed by atoms with Crippen LogP contribution in [0.5, 0.6) is 0 Å². The highest BCUT2D eigenvalue weighted by Gasteiger charge is 2.27. The van der Waals surface area contributed by atoms with Crippen molar-refractivity contribution in [2.45, 2.75) is 44.8 Å². The van der Waals surface area contributed by atoms with Gasteiger partial charge in [-0.25, -0.2) is 0 Å². The maximum Gasteiger partial charge on any atom is 0.0743 e. The van der Waals surface area contributed by atoms with E-state index in [0.717, 1.165) is 47.2 Å². The number of rotatable bonds is 2. The van der Waals surface area contributed by atoms with Crippen LogP contribution in [0, 0.1) is 6.92 Å². The second kappa shape index (κ2) is 5.53. The Kier molecular flexibility index (Phi) is 3.72. The topological polar surface area (TPSA) is 62.4 Å². The van der Waals surface area contributed by atoms with Crippen molar-refractivity contribution in [2.24, 2.45) is 0 Å². The van der Waals surface area contributed by atoms with Gasteiger partial charge in [0, 0.05) is 29.5 Å². The third kappa shape index (κ3) is 2.68. The molecular weight excluding hydrogens is 262 g/mol. The van der Waals surface area contributed by atoms with Crippen molar-refractivity contribution >= 4 is 22.3 Å². The number of aromatic nitrogens is 1. The molecule has 0 bridgehead atoms. The number of nitrogen functional groups attached to an aromatic ring is 1. The summed E-state index contributed by atoms with van der Waals surface area (Å²) in [5.41, 5.74) is 9.73. The normalized spacial score (nSPS) is 22.4. The molecule has 21 heavy (non-hydrogen) atoms. The van der Waals surface area contributed by atoms with Gasteiger partial charge in [0.15, 0.2) is 0 Å². The van der Waals surface area contributed by atoms with Crippen molar-refractivity contribution in [3.63, 3.8) is 0 Å². The van der Waals surface area contributed by atoms with Crippen LogP contribution in [-0.2, 0) is 0 Å². The van der Waals surface area contributed by atoms with Gasteiger partial charge in [-0.1, -0.05) is 12.8 Å². The Labute approximate surface area is 125 Å². The Bertz CT molecular complexity index is 656. The molecule has 4 nitrogen and oxygen atoms in total. The van der Waals surface area contributed by atoms with Crippen LogP contribution in [0.15, 0.2) is 24.3 Å². The molecule has 1 aliphatic rings. The number of nitrogens with zero attached hydrogens (tertiary/aromatic N) is 2. The summed E-state index contributed by atoms with van der Waals surface area (Å²) in [6.45, 7) is 2.00. The highest BCUT2D eigenvalue weighted by molar-refractivity contribution is 5.94. The van der Waals surface area contributed by atoms with E-state index in [2.05, 4.69) is 23.0 Å². The minimum atomic E-state index is -0.256. The van der Waals surface area contributed by atoms with Crippen LogP contribution >= 0.6 is 0 Å². The number of aryl methyl sites for hydroxylation is 1. The minimum absolute atomic E-state index is 0.171. The fraction of sp³-hybridized carbons (Fsp3) is 0.471. The third-order valence-electron chi connectivity index (χ3n) is 4.51. The number of anilines is 2. The zero-order chi connectivity index (χ0) is 15.0. The van der Waals surface area contributed by atoms with E-state index >= 15 is 0 Å². The molecule has 0 amide bonds. The molecule has 2 aromatic rings. The van der Waals surface area contributed by atoms with Gasteiger partial charge in [-0.3, -0.25) is 4.98 Å². The monoisotopic (exact) mass is 285 g/mol. The predicted molar refractivity (Wildman–Crippen MR) is 87.6 cm³/mol. The van der Waals surface area contributed by atoms with E-state index in [1.165, 1.54) is 6.42 Å². The first-order valence-corrected chi connectivity index (χ1v) is 7.64. The van der Waals surface area contributed by atoms with E-state index in [1.54, 1.807) is 0 Å². The highest BCUT2D eigenvalue weighted by atomic mass is 16.3. The van der Waals surface area contributed by atoms with Crippen LogP contribution in [0.1, 0.15) is 31.4 Å². The smallest absolute Gasteiger partial charge is 0.0743 e. The summed E-state index contributed by atoms with van der Waals surface area (Å²) in [4.78, 5) is 6.79. The number of pyridine rings is 1. The van der Waals surface area contributed by atoms with Gasteiger partial charge in [0.1, 0.15) is 0 Å². The number of fused-ring (bicyclic) bond motifs is 1. The Morgan fingerprint density at radius 1 is 1.24 bits per heavy atom. The lowest BCUT2D eigenvalue weighted by Gasteiger charge is -2.37. The van der Waals surface area contributed by atoms with Crippen LogP contribution < -0.4 is 10.6 Å². The summed E-state index contributed by atoms with van der Waals surface area (Å²) in [5.74, 6) is 0. The van der Waals surface area contributed by atoms with Gasteiger partial charge in [0.25, 0.3) is 0 Å². The molecule has 2 unspecified atom stereocenters. The van der Waals surface area contributed by atoms with E-state index in [4.69, 9.17) is 5.73 Å². The van der Waals surface area contributed by atoms with Gasteiger partial charge in [-0.15, -0.1) is 0 Å². The molecule has 112 valence electrons. The lowest BCUT2D eigenvalue weighted by atomic mass is 9.91. The molecule has 0 saturated heterocycles. The van der Waals surface area contributed by atoms with Gasteiger partial charge in [-0.2, -0.15) is 0 Å². The lowest BCUT2D eigenvalue weighted by Crippen LogP contribution is -2.43. The molecule has 1 aromatic heterocycles. The maximum atomic E-state index is 10.3. The number of hydrogen-bond acceptors (Lipinski definition) is 4. The van der Waals surface area contributed by atoms with E-state index in [-0.39, 0.29) is 12.1 Å². The molecule has 1 heterocycles. The van der Waals surface area contributed by atoms with Gasteiger partial charge in [0.05, 0.1) is 17.7 Å². The highest BCUT2D eigenvalue weighted by Crippen LogP contribution is 2.32. The molecule has 0 aliphatic heterocycles. The van der Waals surface area contributed by atoms with E-state index < -0.39 is 0 Å². The Balaban J connectivity index is 2.07. The fourth-order valence-electron chi connectivity index (χ4n) is 3.37. The molecule has 1 aliphatic carbocycles. The first-order valence-electron chi connectivity index (χ1n) is 7.64. The number of likely N-dealkylation sites (N-methyl/N-ethyl adjacent to an activating group) is 1.